The first-order valence-electron chi connectivity index (χ1n) is 8.07. The molecule has 0 bridgehead atoms. The van der Waals surface area contributed by atoms with Gasteiger partial charge in [0.2, 0.25) is 0 Å². The van der Waals surface area contributed by atoms with E-state index in [-0.39, 0.29) is 0 Å². The lowest BCUT2D eigenvalue weighted by Gasteiger charge is -2.30. The van der Waals surface area contributed by atoms with Gasteiger partial charge in [-0.15, -0.1) is 0 Å². The summed E-state index contributed by atoms with van der Waals surface area (Å²) in [5, 5.41) is 3.62. The summed E-state index contributed by atoms with van der Waals surface area (Å²) in [7, 11) is 2.18. The summed E-state index contributed by atoms with van der Waals surface area (Å²) >= 11 is 3.60. The molecule has 1 N–H and O–H groups in total. The normalized spacial score (nSPS) is 22.3. The highest BCUT2D eigenvalue weighted by atomic mass is 79.9. The van der Waals surface area contributed by atoms with Gasteiger partial charge in [0, 0.05) is 42.9 Å². The molecular formula is C17H25BrN2O. The van der Waals surface area contributed by atoms with E-state index in [2.05, 4.69) is 51.4 Å². The number of hydrogen-bond acceptors (Lipinski definition) is 3. The Morgan fingerprint density at radius 2 is 2.14 bits per heavy atom. The molecule has 0 spiro atoms. The molecule has 0 aromatic heterocycles. The number of ether oxygens (including phenoxy) is 1. The first-order chi connectivity index (χ1) is 10.2. The molecule has 3 rings (SSSR count). The van der Waals surface area contributed by atoms with Crippen molar-refractivity contribution in [3.63, 3.8) is 0 Å². The van der Waals surface area contributed by atoms with Crippen LogP contribution in [0.4, 0.5) is 5.69 Å². The SMILES string of the molecule is CN(CC1CCCCO1)c1cc(Br)ccc1CNC1CC1. The van der Waals surface area contributed by atoms with Gasteiger partial charge in [-0.25, -0.2) is 0 Å². The zero-order valence-electron chi connectivity index (χ0n) is 12.8. The highest BCUT2D eigenvalue weighted by Crippen LogP contribution is 2.27. The van der Waals surface area contributed by atoms with Crippen molar-refractivity contribution in [1.82, 2.24) is 5.32 Å². The molecule has 1 atom stereocenters. The molecule has 21 heavy (non-hydrogen) atoms. The van der Waals surface area contributed by atoms with E-state index in [9.17, 15) is 0 Å². The van der Waals surface area contributed by atoms with Crippen molar-refractivity contribution in [1.29, 1.82) is 0 Å². The number of halogens is 1. The van der Waals surface area contributed by atoms with Crippen LogP contribution in [0.3, 0.4) is 0 Å². The zero-order chi connectivity index (χ0) is 14.7. The average Bonchev–Trinajstić information content (AvgIpc) is 3.31. The van der Waals surface area contributed by atoms with Crippen LogP contribution in [0.15, 0.2) is 22.7 Å². The lowest BCUT2D eigenvalue weighted by Crippen LogP contribution is -2.34. The third-order valence-corrected chi connectivity index (χ3v) is 4.86. The molecule has 1 aromatic carbocycles. The minimum absolute atomic E-state index is 0.381. The van der Waals surface area contributed by atoms with Gasteiger partial charge in [-0.1, -0.05) is 22.0 Å². The van der Waals surface area contributed by atoms with Crippen LogP contribution in [0.2, 0.25) is 0 Å². The summed E-state index contributed by atoms with van der Waals surface area (Å²) in [6.45, 7) is 2.86. The van der Waals surface area contributed by atoms with Crippen molar-refractivity contribution in [2.24, 2.45) is 0 Å². The van der Waals surface area contributed by atoms with Gasteiger partial charge in [-0.05, 0) is 49.8 Å². The van der Waals surface area contributed by atoms with E-state index in [1.807, 2.05) is 0 Å². The molecule has 1 unspecified atom stereocenters. The molecule has 1 saturated heterocycles. The number of rotatable bonds is 6. The third-order valence-electron chi connectivity index (χ3n) is 4.37. The number of hydrogen-bond donors (Lipinski definition) is 1. The van der Waals surface area contributed by atoms with E-state index in [4.69, 9.17) is 4.74 Å². The van der Waals surface area contributed by atoms with Gasteiger partial charge in [-0.3, -0.25) is 0 Å². The summed E-state index contributed by atoms with van der Waals surface area (Å²) < 4.78 is 7.02. The maximum atomic E-state index is 5.88. The van der Waals surface area contributed by atoms with Gasteiger partial charge in [0.15, 0.2) is 0 Å². The summed E-state index contributed by atoms with van der Waals surface area (Å²) in [5.74, 6) is 0. The Kier molecular flexibility index (Phi) is 5.19. The van der Waals surface area contributed by atoms with Crippen LogP contribution in [-0.2, 0) is 11.3 Å². The monoisotopic (exact) mass is 352 g/mol. The number of likely N-dealkylation sites (N-methyl/N-ethyl adjacent to an activating group) is 1. The molecule has 1 aromatic rings. The average molecular weight is 353 g/mol. The zero-order valence-corrected chi connectivity index (χ0v) is 14.4. The van der Waals surface area contributed by atoms with Gasteiger partial charge < -0.3 is 15.0 Å². The number of nitrogens with zero attached hydrogens (tertiary/aromatic N) is 1. The number of benzene rings is 1. The summed E-state index contributed by atoms with van der Waals surface area (Å²) in [6, 6.07) is 7.34. The van der Waals surface area contributed by atoms with Crippen molar-refractivity contribution >= 4 is 21.6 Å². The van der Waals surface area contributed by atoms with Crippen molar-refractivity contribution < 1.29 is 4.74 Å². The summed E-state index contributed by atoms with van der Waals surface area (Å²) in [5.41, 5.74) is 2.69. The molecule has 1 aliphatic carbocycles. The fourth-order valence-corrected chi connectivity index (χ4v) is 3.29. The topological polar surface area (TPSA) is 24.5 Å². The lowest BCUT2D eigenvalue weighted by molar-refractivity contribution is 0.0216. The fourth-order valence-electron chi connectivity index (χ4n) is 2.94. The second kappa shape index (κ2) is 7.12. The van der Waals surface area contributed by atoms with Crippen LogP contribution in [0, 0.1) is 0 Å². The van der Waals surface area contributed by atoms with Crippen molar-refractivity contribution in [3.05, 3.63) is 28.2 Å². The Morgan fingerprint density at radius 1 is 1.29 bits per heavy atom. The Hall–Kier alpha value is -0.580. The van der Waals surface area contributed by atoms with Gasteiger partial charge in [-0.2, -0.15) is 0 Å². The van der Waals surface area contributed by atoms with Gasteiger partial charge in [0.05, 0.1) is 6.10 Å². The van der Waals surface area contributed by atoms with Gasteiger partial charge in [0.25, 0.3) is 0 Å². The number of anilines is 1. The standard InChI is InChI=1S/C17H25BrN2O/c1-20(12-16-4-2-3-9-21-16)17-10-14(18)6-5-13(17)11-19-15-7-8-15/h5-6,10,15-16,19H,2-4,7-9,11-12H2,1H3. The maximum Gasteiger partial charge on any atom is 0.0749 e. The maximum absolute atomic E-state index is 5.88. The Bertz CT molecular complexity index is 470. The molecule has 0 amide bonds. The largest absolute Gasteiger partial charge is 0.376 e. The van der Waals surface area contributed by atoms with Gasteiger partial charge >= 0.3 is 0 Å². The Labute approximate surface area is 136 Å². The predicted molar refractivity (Wildman–Crippen MR) is 90.9 cm³/mol. The van der Waals surface area contributed by atoms with E-state index >= 15 is 0 Å². The number of nitrogens with one attached hydrogen (secondary N) is 1. The van der Waals surface area contributed by atoms with Crippen molar-refractivity contribution in [3.8, 4) is 0 Å². The van der Waals surface area contributed by atoms with Crippen LogP contribution >= 0.6 is 15.9 Å². The van der Waals surface area contributed by atoms with E-state index in [1.165, 1.54) is 43.4 Å². The Balaban J connectivity index is 1.66. The minimum atomic E-state index is 0.381. The van der Waals surface area contributed by atoms with Crippen molar-refractivity contribution in [2.75, 3.05) is 25.1 Å². The molecule has 116 valence electrons. The fraction of sp³-hybridized carbons (Fsp3) is 0.647. The van der Waals surface area contributed by atoms with Crippen molar-refractivity contribution in [2.45, 2.75) is 50.8 Å². The van der Waals surface area contributed by atoms with Crippen LogP contribution < -0.4 is 10.2 Å². The van der Waals surface area contributed by atoms with E-state index in [0.29, 0.717) is 6.10 Å². The van der Waals surface area contributed by atoms with Crippen LogP contribution in [0.25, 0.3) is 0 Å². The van der Waals surface area contributed by atoms with Gasteiger partial charge in [0.1, 0.15) is 0 Å². The van der Waals surface area contributed by atoms with Crippen LogP contribution in [-0.4, -0.2) is 32.3 Å². The molecule has 3 nitrogen and oxygen atoms in total. The third kappa shape index (κ3) is 4.44. The first-order valence-corrected chi connectivity index (χ1v) is 8.86. The first kappa shape index (κ1) is 15.3. The molecular weight excluding hydrogens is 328 g/mol. The second-order valence-electron chi connectivity index (χ2n) is 6.30. The molecule has 4 heteroatoms. The highest BCUT2D eigenvalue weighted by Gasteiger charge is 2.22. The second-order valence-corrected chi connectivity index (χ2v) is 7.21. The van der Waals surface area contributed by atoms with E-state index < -0.39 is 0 Å². The van der Waals surface area contributed by atoms with E-state index in [0.717, 1.165) is 30.2 Å². The molecule has 0 radical (unpaired) electrons. The smallest absolute Gasteiger partial charge is 0.0749 e. The minimum Gasteiger partial charge on any atom is -0.376 e. The van der Waals surface area contributed by atoms with Crippen LogP contribution in [0.1, 0.15) is 37.7 Å². The molecule has 2 fully saturated rings. The van der Waals surface area contributed by atoms with Crippen LogP contribution in [0.5, 0.6) is 0 Å². The highest BCUT2D eigenvalue weighted by molar-refractivity contribution is 9.10. The molecule has 1 saturated carbocycles. The molecule has 1 aliphatic heterocycles. The van der Waals surface area contributed by atoms with E-state index in [1.54, 1.807) is 0 Å². The lowest BCUT2D eigenvalue weighted by atomic mass is 10.1. The quantitative estimate of drug-likeness (QED) is 0.844. The molecule has 2 aliphatic rings. The Morgan fingerprint density at radius 3 is 2.86 bits per heavy atom. The summed E-state index contributed by atoms with van der Waals surface area (Å²) in [6.07, 6.45) is 6.75. The molecule has 1 heterocycles. The predicted octanol–water partition coefficient (Wildman–Crippen LogP) is 3.71. The summed E-state index contributed by atoms with van der Waals surface area (Å²) in [4.78, 5) is 2.35.